The average Bonchev–Trinajstić information content (AvgIpc) is 3.45. The van der Waals surface area contributed by atoms with Gasteiger partial charge in [-0.05, 0) is 29.8 Å². The number of nitrogens with one attached hydrogen (secondary N) is 3. The molecule has 2 aromatic heterocycles. The predicted molar refractivity (Wildman–Crippen MR) is 124 cm³/mol. The minimum absolute atomic E-state index is 0.0732. The highest BCUT2D eigenvalue weighted by Gasteiger charge is 2.36. The van der Waals surface area contributed by atoms with Crippen molar-refractivity contribution in [3.8, 4) is 17.3 Å². The number of hydrogen-bond acceptors (Lipinski definition) is 5. The molecule has 0 radical (unpaired) electrons. The first-order valence-corrected chi connectivity index (χ1v) is 10.9. The van der Waals surface area contributed by atoms with Crippen LogP contribution in [-0.2, 0) is 6.18 Å². The number of rotatable bonds is 4. The first kappa shape index (κ1) is 22.2. The van der Waals surface area contributed by atoms with Crippen LogP contribution in [0.3, 0.4) is 0 Å². The van der Waals surface area contributed by atoms with Crippen molar-refractivity contribution in [3.05, 3.63) is 76.6 Å². The number of alkyl halides is 3. The van der Waals surface area contributed by atoms with Crippen LogP contribution < -0.4 is 10.6 Å². The SMILES string of the molecule is N#Cc1ccc2c(-c3nc(N[C@H]4CNC[C@@H]4c4ccc(Cl)cc4)ncc3C(F)(F)F)c[nH]c2c1. The number of H-pyrrole nitrogens is 1. The number of nitrogens with zero attached hydrogens (tertiary/aromatic N) is 3. The maximum absolute atomic E-state index is 13.8. The third kappa shape index (κ3) is 4.18. The van der Waals surface area contributed by atoms with Crippen molar-refractivity contribution in [2.24, 2.45) is 0 Å². The van der Waals surface area contributed by atoms with E-state index in [1.54, 1.807) is 18.2 Å². The van der Waals surface area contributed by atoms with Crippen molar-refractivity contribution < 1.29 is 13.2 Å². The van der Waals surface area contributed by atoms with Crippen LogP contribution in [0.4, 0.5) is 19.1 Å². The van der Waals surface area contributed by atoms with Gasteiger partial charge in [0.2, 0.25) is 5.95 Å². The number of aromatic amines is 1. The van der Waals surface area contributed by atoms with Gasteiger partial charge in [0.25, 0.3) is 0 Å². The molecular formula is C24H18ClF3N6. The van der Waals surface area contributed by atoms with E-state index in [0.717, 1.165) is 11.8 Å². The van der Waals surface area contributed by atoms with Crippen molar-refractivity contribution >= 4 is 28.5 Å². The number of fused-ring (bicyclic) bond motifs is 1. The summed E-state index contributed by atoms with van der Waals surface area (Å²) >= 11 is 6.00. The van der Waals surface area contributed by atoms with Crippen molar-refractivity contribution in [1.82, 2.24) is 20.3 Å². The molecule has 0 aliphatic carbocycles. The highest BCUT2D eigenvalue weighted by atomic mass is 35.5. The number of benzene rings is 2. The fourth-order valence-electron chi connectivity index (χ4n) is 4.31. The number of hydrogen-bond donors (Lipinski definition) is 3. The first-order valence-electron chi connectivity index (χ1n) is 10.5. The summed E-state index contributed by atoms with van der Waals surface area (Å²) in [5.41, 5.74) is 1.15. The van der Waals surface area contributed by atoms with E-state index in [0.29, 0.717) is 34.6 Å². The zero-order valence-corrected chi connectivity index (χ0v) is 18.4. The molecule has 3 heterocycles. The lowest BCUT2D eigenvalue weighted by Gasteiger charge is -2.21. The van der Waals surface area contributed by atoms with E-state index in [4.69, 9.17) is 16.9 Å². The molecule has 6 nitrogen and oxygen atoms in total. The molecule has 10 heteroatoms. The zero-order chi connectivity index (χ0) is 23.9. The van der Waals surface area contributed by atoms with Crippen LogP contribution in [0.25, 0.3) is 22.2 Å². The Morgan fingerprint density at radius 1 is 1.12 bits per heavy atom. The molecular weight excluding hydrogens is 465 g/mol. The molecule has 2 atom stereocenters. The minimum Gasteiger partial charge on any atom is -0.360 e. The molecule has 3 N–H and O–H groups in total. The van der Waals surface area contributed by atoms with E-state index in [-0.39, 0.29) is 29.2 Å². The van der Waals surface area contributed by atoms with E-state index in [2.05, 4.69) is 25.6 Å². The molecule has 0 unspecified atom stereocenters. The summed E-state index contributed by atoms with van der Waals surface area (Å²) in [6.07, 6.45) is -2.35. The molecule has 1 aliphatic heterocycles. The lowest BCUT2D eigenvalue weighted by Crippen LogP contribution is -2.28. The lowest BCUT2D eigenvalue weighted by atomic mass is 9.94. The molecule has 5 rings (SSSR count). The Morgan fingerprint density at radius 2 is 1.91 bits per heavy atom. The summed E-state index contributed by atoms with van der Waals surface area (Å²) in [5.74, 6) is 0.183. The Hall–Kier alpha value is -3.61. The Labute approximate surface area is 197 Å². The highest BCUT2D eigenvalue weighted by Crippen LogP contribution is 2.39. The molecule has 0 spiro atoms. The second kappa shape index (κ2) is 8.63. The Morgan fingerprint density at radius 3 is 2.65 bits per heavy atom. The van der Waals surface area contributed by atoms with E-state index in [1.165, 1.54) is 6.20 Å². The molecule has 34 heavy (non-hydrogen) atoms. The van der Waals surface area contributed by atoms with Crippen molar-refractivity contribution in [2.45, 2.75) is 18.1 Å². The summed E-state index contributed by atoms with van der Waals surface area (Å²) in [5, 5.41) is 16.8. The highest BCUT2D eigenvalue weighted by molar-refractivity contribution is 6.30. The van der Waals surface area contributed by atoms with Crippen LogP contribution in [0.5, 0.6) is 0 Å². The van der Waals surface area contributed by atoms with Gasteiger partial charge in [0.1, 0.15) is 5.56 Å². The second-order valence-electron chi connectivity index (χ2n) is 8.10. The Balaban J connectivity index is 1.52. The first-order chi connectivity index (χ1) is 16.3. The normalized spacial score (nSPS) is 18.2. The van der Waals surface area contributed by atoms with E-state index in [1.807, 2.05) is 30.3 Å². The van der Waals surface area contributed by atoms with Gasteiger partial charge in [-0.1, -0.05) is 29.8 Å². The van der Waals surface area contributed by atoms with Crippen LogP contribution >= 0.6 is 11.6 Å². The third-order valence-electron chi connectivity index (χ3n) is 5.99. The van der Waals surface area contributed by atoms with Crippen LogP contribution in [-0.4, -0.2) is 34.1 Å². The topological polar surface area (TPSA) is 89.4 Å². The number of aromatic nitrogens is 3. The Bertz CT molecular complexity index is 1390. The lowest BCUT2D eigenvalue weighted by molar-refractivity contribution is -0.137. The number of nitriles is 1. The van der Waals surface area contributed by atoms with Gasteiger partial charge in [0, 0.05) is 58.9 Å². The molecule has 1 fully saturated rings. The molecule has 4 aromatic rings. The van der Waals surface area contributed by atoms with Crippen LogP contribution in [0.15, 0.2) is 54.9 Å². The maximum Gasteiger partial charge on any atom is 0.419 e. The average molecular weight is 483 g/mol. The van der Waals surface area contributed by atoms with Gasteiger partial charge in [-0.2, -0.15) is 18.4 Å². The van der Waals surface area contributed by atoms with Crippen molar-refractivity contribution in [1.29, 1.82) is 5.26 Å². The van der Waals surface area contributed by atoms with E-state index in [9.17, 15) is 13.2 Å². The van der Waals surface area contributed by atoms with Gasteiger partial charge in [-0.25, -0.2) is 9.97 Å². The van der Waals surface area contributed by atoms with Gasteiger partial charge < -0.3 is 15.6 Å². The number of anilines is 1. The molecule has 0 saturated carbocycles. The smallest absolute Gasteiger partial charge is 0.360 e. The van der Waals surface area contributed by atoms with Crippen LogP contribution in [0.2, 0.25) is 5.02 Å². The minimum atomic E-state index is -4.63. The quantitative estimate of drug-likeness (QED) is 0.365. The van der Waals surface area contributed by atoms with E-state index < -0.39 is 11.7 Å². The van der Waals surface area contributed by atoms with Gasteiger partial charge in [-0.3, -0.25) is 0 Å². The van der Waals surface area contributed by atoms with Crippen molar-refractivity contribution in [2.75, 3.05) is 18.4 Å². The zero-order valence-electron chi connectivity index (χ0n) is 17.6. The molecule has 0 bridgehead atoms. The summed E-state index contributed by atoms with van der Waals surface area (Å²) in [6.45, 7) is 1.31. The largest absolute Gasteiger partial charge is 0.419 e. The van der Waals surface area contributed by atoms with Gasteiger partial charge in [0.05, 0.1) is 17.3 Å². The van der Waals surface area contributed by atoms with Gasteiger partial charge >= 0.3 is 6.18 Å². The van der Waals surface area contributed by atoms with E-state index >= 15 is 0 Å². The molecule has 0 amide bonds. The summed E-state index contributed by atoms with van der Waals surface area (Å²) < 4.78 is 41.5. The third-order valence-corrected chi connectivity index (χ3v) is 6.24. The number of halogens is 4. The Kier molecular flexibility index (Phi) is 5.63. The molecule has 172 valence electrons. The van der Waals surface area contributed by atoms with Crippen molar-refractivity contribution in [3.63, 3.8) is 0 Å². The fourth-order valence-corrected chi connectivity index (χ4v) is 4.44. The summed E-state index contributed by atoms with van der Waals surface area (Å²) in [7, 11) is 0. The summed E-state index contributed by atoms with van der Waals surface area (Å²) in [4.78, 5) is 11.2. The summed E-state index contributed by atoms with van der Waals surface area (Å²) in [6, 6.07) is 14.2. The van der Waals surface area contributed by atoms with Crippen LogP contribution in [0.1, 0.15) is 22.6 Å². The molecule has 1 saturated heterocycles. The van der Waals surface area contributed by atoms with Crippen LogP contribution in [0, 0.1) is 11.3 Å². The predicted octanol–water partition coefficient (Wildman–Crippen LogP) is 5.34. The van der Waals surface area contributed by atoms with Gasteiger partial charge in [0.15, 0.2) is 0 Å². The molecule has 1 aliphatic rings. The maximum atomic E-state index is 13.8. The van der Waals surface area contributed by atoms with Gasteiger partial charge in [-0.15, -0.1) is 0 Å². The molecule has 2 aromatic carbocycles. The fraction of sp³-hybridized carbons (Fsp3) is 0.208. The second-order valence-corrected chi connectivity index (χ2v) is 8.53. The standard InChI is InChI=1S/C24H18ClF3N6/c25-15-4-2-14(3-5-15)17-9-30-12-21(17)33-23-32-11-19(24(26,27)28)22(34-23)18-10-31-20-7-13(8-29)1-6-16(18)20/h1-7,10-11,17,21,30-31H,9,12H2,(H,32,33,34)/t17-,21+/m1/s1. The monoisotopic (exact) mass is 482 g/mol.